The molecule has 0 bridgehead atoms. The van der Waals surface area contributed by atoms with Gasteiger partial charge in [-0.25, -0.2) is 5.01 Å². The molecule has 0 unspecified atom stereocenters. The van der Waals surface area contributed by atoms with Gasteiger partial charge >= 0.3 is 0 Å². The maximum absolute atomic E-state index is 6.53. The van der Waals surface area contributed by atoms with Crippen molar-refractivity contribution in [2.24, 2.45) is 11.0 Å². The van der Waals surface area contributed by atoms with Gasteiger partial charge in [-0.15, -0.1) is 0 Å². The number of para-hydroxylation sites is 1. The lowest BCUT2D eigenvalue weighted by atomic mass is 9.86. The Kier molecular flexibility index (Phi) is 4.82. The summed E-state index contributed by atoms with van der Waals surface area (Å²) in [5.41, 5.74) is 3.40. The molecule has 2 heterocycles. The first-order valence-corrected chi connectivity index (χ1v) is 10.6. The van der Waals surface area contributed by atoms with Crippen LogP contribution in [0.25, 0.3) is 0 Å². The molecule has 152 valence electrons. The van der Waals surface area contributed by atoms with E-state index in [0.29, 0.717) is 5.92 Å². The minimum Gasteiger partial charge on any atom is -0.493 e. The standard InChI is InChI=1S/C24H28N2O3/c1-27-22-13-12-17(14-23(22)28-2)19-15-20-18-10-6-7-11-21(18)29-24(26(20)25-19)16-8-4-3-5-9-16/h6-7,10-14,16,20,24H,3-5,8-9,15H2,1-2H3/t20-,24+/m1/s1. The first-order chi connectivity index (χ1) is 14.3. The summed E-state index contributed by atoms with van der Waals surface area (Å²) in [6.45, 7) is 0. The number of benzene rings is 2. The average Bonchev–Trinajstić information content (AvgIpc) is 3.24. The van der Waals surface area contributed by atoms with Crippen LogP contribution in [0.1, 0.15) is 55.7 Å². The first-order valence-electron chi connectivity index (χ1n) is 10.6. The van der Waals surface area contributed by atoms with Crippen LogP contribution in [-0.2, 0) is 0 Å². The topological polar surface area (TPSA) is 43.3 Å². The Morgan fingerprint density at radius 2 is 1.76 bits per heavy atom. The predicted octanol–water partition coefficient (Wildman–Crippen LogP) is 5.15. The van der Waals surface area contributed by atoms with Crippen molar-refractivity contribution in [3.05, 3.63) is 53.6 Å². The third kappa shape index (κ3) is 3.22. The molecule has 2 aromatic carbocycles. The molecule has 5 heteroatoms. The van der Waals surface area contributed by atoms with E-state index < -0.39 is 0 Å². The van der Waals surface area contributed by atoms with E-state index in [0.717, 1.165) is 34.9 Å². The van der Waals surface area contributed by atoms with E-state index in [1.807, 2.05) is 12.1 Å². The number of hydrazone groups is 1. The smallest absolute Gasteiger partial charge is 0.190 e. The SMILES string of the molecule is COc1ccc(C2=NN3[C@H](C2)c2ccccc2O[C@H]3C2CCCCC2)cc1OC. The molecular formula is C24H28N2O3. The molecule has 0 amide bonds. The summed E-state index contributed by atoms with van der Waals surface area (Å²) < 4.78 is 17.4. The summed E-state index contributed by atoms with van der Waals surface area (Å²) in [6.07, 6.45) is 7.25. The highest BCUT2D eigenvalue weighted by molar-refractivity contribution is 6.02. The monoisotopic (exact) mass is 392 g/mol. The van der Waals surface area contributed by atoms with Crippen LogP contribution in [0, 0.1) is 5.92 Å². The fourth-order valence-electron chi connectivity index (χ4n) is 4.98. The third-order valence-corrected chi connectivity index (χ3v) is 6.50. The molecule has 5 nitrogen and oxygen atoms in total. The second-order valence-corrected chi connectivity index (χ2v) is 8.16. The van der Waals surface area contributed by atoms with Crippen molar-refractivity contribution in [2.75, 3.05) is 14.2 Å². The molecule has 0 N–H and O–H groups in total. The van der Waals surface area contributed by atoms with Crippen molar-refractivity contribution in [3.63, 3.8) is 0 Å². The molecule has 0 aromatic heterocycles. The number of nitrogens with zero attached hydrogens (tertiary/aromatic N) is 2. The van der Waals surface area contributed by atoms with E-state index in [1.165, 1.54) is 37.7 Å². The zero-order valence-electron chi connectivity index (χ0n) is 17.1. The van der Waals surface area contributed by atoms with Gasteiger partial charge in [0.2, 0.25) is 0 Å². The van der Waals surface area contributed by atoms with Crippen molar-refractivity contribution in [2.45, 2.75) is 50.8 Å². The Bertz CT molecular complexity index is 920. The van der Waals surface area contributed by atoms with E-state index in [4.69, 9.17) is 19.3 Å². The highest BCUT2D eigenvalue weighted by atomic mass is 16.5. The van der Waals surface area contributed by atoms with Crippen LogP contribution in [-0.4, -0.2) is 31.2 Å². The lowest BCUT2D eigenvalue weighted by molar-refractivity contribution is -0.0643. The van der Waals surface area contributed by atoms with Crippen molar-refractivity contribution in [3.8, 4) is 17.2 Å². The van der Waals surface area contributed by atoms with Crippen LogP contribution in [0.15, 0.2) is 47.6 Å². The van der Waals surface area contributed by atoms with Crippen LogP contribution in [0.4, 0.5) is 0 Å². The molecule has 0 radical (unpaired) electrons. The van der Waals surface area contributed by atoms with Crippen LogP contribution >= 0.6 is 0 Å². The second-order valence-electron chi connectivity index (χ2n) is 8.16. The summed E-state index contributed by atoms with van der Waals surface area (Å²) in [5.74, 6) is 3.03. The zero-order chi connectivity index (χ0) is 19.8. The van der Waals surface area contributed by atoms with Gasteiger partial charge in [-0.05, 0) is 37.1 Å². The Labute approximate surface area is 172 Å². The molecule has 2 atom stereocenters. The number of rotatable bonds is 4. The van der Waals surface area contributed by atoms with Crippen LogP contribution in [0.2, 0.25) is 0 Å². The fourth-order valence-corrected chi connectivity index (χ4v) is 4.98. The molecule has 3 aliphatic rings. The second kappa shape index (κ2) is 7.62. The van der Waals surface area contributed by atoms with Gasteiger partial charge < -0.3 is 14.2 Å². The molecule has 0 saturated heterocycles. The number of ether oxygens (including phenoxy) is 3. The van der Waals surface area contributed by atoms with E-state index in [9.17, 15) is 0 Å². The Morgan fingerprint density at radius 3 is 2.55 bits per heavy atom. The van der Waals surface area contributed by atoms with Gasteiger partial charge in [-0.1, -0.05) is 37.5 Å². The quantitative estimate of drug-likeness (QED) is 0.721. The summed E-state index contributed by atoms with van der Waals surface area (Å²) in [5, 5.41) is 7.34. The van der Waals surface area contributed by atoms with Gasteiger partial charge in [0.1, 0.15) is 5.75 Å². The normalized spacial score (nSPS) is 23.7. The summed E-state index contributed by atoms with van der Waals surface area (Å²) in [6, 6.07) is 14.7. The Morgan fingerprint density at radius 1 is 0.966 bits per heavy atom. The maximum Gasteiger partial charge on any atom is 0.190 e. The molecule has 5 rings (SSSR count). The molecule has 0 spiro atoms. The third-order valence-electron chi connectivity index (χ3n) is 6.50. The van der Waals surface area contributed by atoms with Gasteiger partial charge in [0.05, 0.1) is 26.0 Å². The van der Waals surface area contributed by atoms with Crippen LogP contribution in [0.3, 0.4) is 0 Å². The van der Waals surface area contributed by atoms with Crippen molar-refractivity contribution >= 4 is 5.71 Å². The van der Waals surface area contributed by atoms with E-state index in [1.54, 1.807) is 14.2 Å². The van der Waals surface area contributed by atoms with Crippen molar-refractivity contribution in [1.82, 2.24) is 5.01 Å². The molecule has 29 heavy (non-hydrogen) atoms. The lowest BCUT2D eigenvalue weighted by Crippen LogP contribution is -2.45. The first kappa shape index (κ1) is 18.3. The molecular weight excluding hydrogens is 364 g/mol. The van der Waals surface area contributed by atoms with Crippen molar-refractivity contribution < 1.29 is 14.2 Å². The minimum atomic E-state index is 0.0212. The molecule has 1 aliphatic carbocycles. The van der Waals surface area contributed by atoms with E-state index >= 15 is 0 Å². The van der Waals surface area contributed by atoms with Crippen molar-refractivity contribution in [1.29, 1.82) is 0 Å². The van der Waals surface area contributed by atoms with Gasteiger partial charge in [0.15, 0.2) is 17.7 Å². The minimum absolute atomic E-state index is 0.0212. The highest BCUT2D eigenvalue weighted by Crippen LogP contribution is 2.46. The maximum atomic E-state index is 6.53. The number of hydrogen-bond acceptors (Lipinski definition) is 5. The summed E-state index contributed by atoms with van der Waals surface area (Å²) >= 11 is 0. The predicted molar refractivity (Wildman–Crippen MR) is 113 cm³/mol. The molecule has 2 aromatic rings. The molecule has 1 saturated carbocycles. The van der Waals surface area contributed by atoms with Crippen LogP contribution in [0.5, 0.6) is 17.2 Å². The summed E-state index contributed by atoms with van der Waals surface area (Å²) in [7, 11) is 3.33. The molecule has 2 aliphatic heterocycles. The number of fused-ring (bicyclic) bond motifs is 3. The molecule has 1 fully saturated rings. The summed E-state index contributed by atoms with van der Waals surface area (Å²) in [4.78, 5) is 0. The van der Waals surface area contributed by atoms with Crippen LogP contribution < -0.4 is 14.2 Å². The Balaban J connectivity index is 1.51. The van der Waals surface area contributed by atoms with Gasteiger partial charge in [0.25, 0.3) is 0 Å². The largest absolute Gasteiger partial charge is 0.493 e. The van der Waals surface area contributed by atoms with Gasteiger partial charge in [-0.2, -0.15) is 5.10 Å². The lowest BCUT2D eigenvalue weighted by Gasteiger charge is -2.42. The van der Waals surface area contributed by atoms with E-state index in [2.05, 4.69) is 35.3 Å². The number of hydrogen-bond donors (Lipinski definition) is 0. The van der Waals surface area contributed by atoms with E-state index in [-0.39, 0.29) is 12.3 Å². The zero-order valence-corrected chi connectivity index (χ0v) is 17.1. The Hall–Kier alpha value is -2.69. The van der Waals surface area contributed by atoms with Gasteiger partial charge in [-0.3, -0.25) is 0 Å². The fraction of sp³-hybridized carbons (Fsp3) is 0.458. The number of methoxy groups -OCH3 is 2. The highest BCUT2D eigenvalue weighted by Gasteiger charge is 2.43. The average molecular weight is 392 g/mol. The van der Waals surface area contributed by atoms with Gasteiger partial charge in [0, 0.05) is 23.5 Å².